The summed E-state index contributed by atoms with van der Waals surface area (Å²) in [5.41, 5.74) is 2.73. The van der Waals surface area contributed by atoms with Crippen LogP contribution in [-0.2, 0) is 6.42 Å². The molecule has 1 N–H and O–H groups in total. The van der Waals surface area contributed by atoms with Crippen molar-refractivity contribution in [2.75, 3.05) is 11.9 Å². The normalized spacial score (nSPS) is 12.4. The number of hydrogen-bond acceptors (Lipinski definition) is 1. The predicted molar refractivity (Wildman–Crippen MR) is 82.2 cm³/mol. The van der Waals surface area contributed by atoms with Gasteiger partial charge in [0.25, 0.3) is 0 Å². The largest absolute Gasteiger partial charge is 0.385 e. The van der Waals surface area contributed by atoms with Gasteiger partial charge in [-0.2, -0.15) is 0 Å². The molecule has 0 saturated heterocycles. The Labute approximate surface area is 113 Å². The smallest absolute Gasteiger partial charge is 0.0340 e. The third-order valence-corrected chi connectivity index (χ3v) is 3.46. The van der Waals surface area contributed by atoms with Crippen LogP contribution in [0.5, 0.6) is 0 Å². The molecule has 0 bridgehead atoms. The first-order valence-corrected chi connectivity index (χ1v) is 7.59. The number of unbranched alkanes of at least 4 members (excludes halogenated alkanes) is 2. The fourth-order valence-corrected chi connectivity index (χ4v) is 2.26. The first-order chi connectivity index (χ1) is 8.76. The second kappa shape index (κ2) is 9.02. The van der Waals surface area contributed by atoms with Crippen LogP contribution in [0.3, 0.4) is 0 Å². The van der Waals surface area contributed by atoms with E-state index in [2.05, 4.69) is 50.4 Å². The zero-order chi connectivity index (χ0) is 13.2. The number of anilines is 1. The fraction of sp³-hybridized carbons (Fsp3) is 0.647. The average Bonchev–Trinajstić information content (AvgIpc) is 2.38. The van der Waals surface area contributed by atoms with Gasteiger partial charge in [-0.15, -0.1) is 0 Å². The number of nitrogens with one attached hydrogen (secondary N) is 1. The Morgan fingerprint density at radius 1 is 1.00 bits per heavy atom. The molecule has 1 rings (SSSR count). The Balaban J connectivity index is 2.31. The van der Waals surface area contributed by atoms with Crippen LogP contribution in [-0.4, -0.2) is 6.54 Å². The minimum atomic E-state index is 0.763. The van der Waals surface area contributed by atoms with Gasteiger partial charge in [-0.3, -0.25) is 0 Å². The van der Waals surface area contributed by atoms with Crippen molar-refractivity contribution in [2.24, 2.45) is 5.92 Å². The van der Waals surface area contributed by atoms with Crippen molar-refractivity contribution >= 4 is 5.69 Å². The summed E-state index contributed by atoms with van der Waals surface area (Å²) in [7, 11) is 0. The Morgan fingerprint density at radius 3 is 2.33 bits per heavy atom. The highest BCUT2D eigenvalue weighted by atomic mass is 14.9. The van der Waals surface area contributed by atoms with Gasteiger partial charge in [0.15, 0.2) is 0 Å². The van der Waals surface area contributed by atoms with E-state index in [1.54, 1.807) is 0 Å². The Morgan fingerprint density at radius 2 is 1.72 bits per heavy atom. The van der Waals surface area contributed by atoms with Gasteiger partial charge in [0.1, 0.15) is 0 Å². The van der Waals surface area contributed by atoms with Crippen LogP contribution in [0.4, 0.5) is 5.69 Å². The van der Waals surface area contributed by atoms with Crippen molar-refractivity contribution in [1.29, 1.82) is 0 Å². The first kappa shape index (κ1) is 15.1. The molecule has 1 aromatic carbocycles. The standard InChI is InChI=1S/C17H29N/c1-4-6-7-9-16-10-12-17(13-11-16)18-14-15(3)8-5-2/h10-13,15,18H,4-9,14H2,1-3H3. The van der Waals surface area contributed by atoms with Crippen LogP contribution >= 0.6 is 0 Å². The van der Waals surface area contributed by atoms with E-state index in [4.69, 9.17) is 0 Å². The SMILES string of the molecule is CCCCCc1ccc(NCC(C)CCC)cc1. The van der Waals surface area contributed by atoms with Crippen molar-refractivity contribution < 1.29 is 0 Å². The van der Waals surface area contributed by atoms with Gasteiger partial charge in [-0.1, -0.05) is 52.2 Å². The molecule has 0 spiro atoms. The quantitative estimate of drug-likeness (QED) is 0.586. The van der Waals surface area contributed by atoms with Gasteiger partial charge in [-0.05, 0) is 42.9 Å². The maximum absolute atomic E-state index is 3.52. The average molecular weight is 247 g/mol. The molecule has 0 aliphatic heterocycles. The number of rotatable bonds is 9. The molecule has 0 aliphatic carbocycles. The van der Waals surface area contributed by atoms with Gasteiger partial charge >= 0.3 is 0 Å². The molecule has 0 saturated carbocycles. The van der Waals surface area contributed by atoms with E-state index in [9.17, 15) is 0 Å². The molecule has 1 aromatic rings. The third kappa shape index (κ3) is 6.09. The van der Waals surface area contributed by atoms with Gasteiger partial charge < -0.3 is 5.32 Å². The van der Waals surface area contributed by atoms with Gasteiger partial charge in [0.05, 0.1) is 0 Å². The van der Waals surface area contributed by atoms with E-state index in [1.807, 2.05) is 0 Å². The molecule has 1 atom stereocenters. The van der Waals surface area contributed by atoms with Gasteiger partial charge in [0.2, 0.25) is 0 Å². The van der Waals surface area contributed by atoms with Crippen LogP contribution in [0.1, 0.15) is 58.4 Å². The topological polar surface area (TPSA) is 12.0 Å². The molecule has 0 aliphatic rings. The number of aryl methyl sites for hydroxylation is 1. The summed E-state index contributed by atoms with van der Waals surface area (Å²) in [4.78, 5) is 0. The molecule has 0 amide bonds. The maximum Gasteiger partial charge on any atom is 0.0340 e. The number of hydrogen-bond donors (Lipinski definition) is 1. The monoisotopic (exact) mass is 247 g/mol. The Kier molecular flexibility index (Phi) is 7.55. The summed E-state index contributed by atoms with van der Waals surface area (Å²) < 4.78 is 0. The van der Waals surface area contributed by atoms with Crippen LogP contribution < -0.4 is 5.32 Å². The minimum absolute atomic E-state index is 0.763. The molecule has 1 nitrogen and oxygen atoms in total. The molecule has 102 valence electrons. The van der Waals surface area contributed by atoms with Gasteiger partial charge in [-0.25, -0.2) is 0 Å². The summed E-state index contributed by atoms with van der Waals surface area (Å²) in [5.74, 6) is 0.763. The fourth-order valence-electron chi connectivity index (χ4n) is 2.26. The minimum Gasteiger partial charge on any atom is -0.385 e. The van der Waals surface area contributed by atoms with Crippen LogP contribution in [0.15, 0.2) is 24.3 Å². The first-order valence-electron chi connectivity index (χ1n) is 7.59. The molecule has 0 heterocycles. The van der Waals surface area contributed by atoms with E-state index >= 15 is 0 Å². The molecule has 0 aromatic heterocycles. The molecule has 18 heavy (non-hydrogen) atoms. The van der Waals surface area contributed by atoms with Crippen LogP contribution in [0.2, 0.25) is 0 Å². The maximum atomic E-state index is 3.52. The summed E-state index contributed by atoms with van der Waals surface area (Å²) in [6, 6.07) is 8.98. The van der Waals surface area contributed by atoms with Crippen molar-refractivity contribution in [2.45, 2.75) is 59.3 Å². The Bertz CT molecular complexity index is 302. The molecule has 0 radical (unpaired) electrons. The van der Waals surface area contributed by atoms with Crippen molar-refractivity contribution in [1.82, 2.24) is 0 Å². The number of benzene rings is 1. The highest BCUT2D eigenvalue weighted by Crippen LogP contribution is 2.13. The molecular formula is C17H29N. The molecule has 1 heteroatoms. The predicted octanol–water partition coefficient (Wildman–Crippen LogP) is 5.27. The van der Waals surface area contributed by atoms with Crippen molar-refractivity contribution in [3.05, 3.63) is 29.8 Å². The highest BCUT2D eigenvalue weighted by Gasteiger charge is 2.00. The summed E-state index contributed by atoms with van der Waals surface area (Å²) in [5, 5.41) is 3.52. The van der Waals surface area contributed by atoms with Crippen LogP contribution in [0, 0.1) is 5.92 Å². The zero-order valence-electron chi connectivity index (χ0n) is 12.3. The van der Waals surface area contributed by atoms with Gasteiger partial charge in [0, 0.05) is 12.2 Å². The summed E-state index contributed by atoms with van der Waals surface area (Å²) in [6.07, 6.45) is 7.77. The van der Waals surface area contributed by atoms with E-state index in [-0.39, 0.29) is 0 Å². The lowest BCUT2D eigenvalue weighted by atomic mass is 10.1. The van der Waals surface area contributed by atoms with Crippen LogP contribution in [0.25, 0.3) is 0 Å². The van der Waals surface area contributed by atoms with E-state index in [1.165, 1.54) is 49.8 Å². The lowest BCUT2D eigenvalue weighted by Crippen LogP contribution is -2.10. The lowest BCUT2D eigenvalue weighted by molar-refractivity contribution is 0.551. The third-order valence-electron chi connectivity index (χ3n) is 3.46. The summed E-state index contributed by atoms with van der Waals surface area (Å²) in [6.45, 7) is 7.91. The highest BCUT2D eigenvalue weighted by molar-refractivity contribution is 5.44. The molecule has 1 unspecified atom stereocenters. The molecule has 0 fully saturated rings. The Hall–Kier alpha value is -0.980. The van der Waals surface area contributed by atoms with Crippen molar-refractivity contribution in [3.8, 4) is 0 Å². The van der Waals surface area contributed by atoms with E-state index in [0.717, 1.165) is 12.5 Å². The zero-order valence-corrected chi connectivity index (χ0v) is 12.3. The summed E-state index contributed by atoms with van der Waals surface area (Å²) >= 11 is 0. The van der Waals surface area contributed by atoms with E-state index < -0.39 is 0 Å². The van der Waals surface area contributed by atoms with Crippen molar-refractivity contribution in [3.63, 3.8) is 0 Å². The van der Waals surface area contributed by atoms with E-state index in [0.29, 0.717) is 0 Å². The second-order valence-electron chi connectivity index (χ2n) is 5.43. The molecular weight excluding hydrogens is 218 g/mol. The second-order valence-corrected chi connectivity index (χ2v) is 5.43. The lowest BCUT2D eigenvalue weighted by Gasteiger charge is -2.12.